The molecule has 0 saturated heterocycles. The van der Waals surface area contributed by atoms with Gasteiger partial charge in [0.25, 0.3) is 0 Å². The van der Waals surface area contributed by atoms with Gasteiger partial charge in [-0.25, -0.2) is 30.7 Å². The Kier molecular flexibility index (Phi) is 3.92. The minimum Gasteiger partial charge on any atom is -0.234 e. The first-order valence-electron chi connectivity index (χ1n) is 4.06. The lowest BCUT2D eigenvalue weighted by Crippen LogP contribution is -2.10. The van der Waals surface area contributed by atoms with E-state index in [0.717, 1.165) is 0 Å². The Hall–Kier alpha value is -1.67. The molecule has 18 heavy (non-hydrogen) atoms. The van der Waals surface area contributed by atoms with Crippen molar-refractivity contribution in [2.45, 2.75) is 6.17 Å². The first-order valence-corrected chi connectivity index (χ1v) is 4.06. The molecule has 0 heterocycles. The average Bonchev–Trinajstić information content (AvgIpc) is 2.32. The summed E-state index contributed by atoms with van der Waals surface area (Å²) in [6, 6.07) is 0. The molecule has 0 radical (unpaired) electrons. The molecule has 0 bridgehead atoms. The maximum Gasteiger partial charge on any atom is 0.304 e. The molecule has 9 heteroatoms. The van der Waals surface area contributed by atoms with Crippen molar-refractivity contribution >= 4 is 0 Å². The lowest BCUT2D eigenvalue weighted by molar-refractivity contribution is 0.264. The highest BCUT2D eigenvalue weighted by atomic mass is 19.3. The van der Waals surface area contributed by atoms with Crippen molar-refractivity contribution in [3.8, 4) is 0 Å². The third-order valence-electron chi connectivity index (χ3n) is 1.90. The van der Waals surface area contributed by atoms with Crippen LogP contribution in [0.3, 0.4) is 0 Å². The molecule has 0 amide bonds. The van der Waals surface area contributed by atoms with Gasteiger partial charge in [-0.15, -0.1) is 0 Å². The molecule has 0 N–H and O–H groups in total. The third-order valence-corrected chi connectivity index (χ3v) is 1.90. The molecule has 1 aromatic rings. The van der Waals surface area contributed by atoms with Gasteiger partial charge in [0.2, 0.25) is 11.6 Å². The summed E-state index contributed by atoms with van der Waals surface area (Å²) in [5, 5.41) is 0. The van der Waals surface area contributed by atoms with Gasteiger partial charge in [-0.2, -0.15) is 8.78 Å². The van der Waals surface area contributed by atoms with E-state index in [9.17, 15) is 39.5 Å². The summed E-state index contributed by atoms with van der Waals surface area (Å²) in [6.45, 7) is 0. The van der Waals surface area contributed by atoms with Gasteiger partial charge in [0, 0.05) is 0 Å². The van der Waals surface area contributed by atoms with Crippen molar-refractivity contribution in [2.75, 3.05) is 0 Å². The summed E-state index contributed by atoms with van der Waals surface area (Å²) in [6.07, 6.45) is -7.06. The molecule has 1 atom stereocenters. The first kappa shape index (κ1) is 14.4. The Morgan fingerprint density at radius 3 is 1.33 bits per heavy atom. The topological polar surface area (TPSA) is 0 Å². The van der Waals surface area contributed by atoms with E-state index in [4.69, 9.17) is 0 Å². The number of hydrogen-bond donors (Lipinski definition) is 0. The van der Waals surface area contributed by atoms with Gasteiger partial charge in [-0.1, -0.05) is 0 Å². The van der Waals surface area contributed by atoms with E-state index >= 15 is 0 Å². The fourth-order valence-electron chi connectivity index (χ4n) is 1.07. The summed E-state index contributed by atoms with van der Waals surface area (Å²) < 4.78 is 112. The highest BCUT2D eigenvalue weighted by Crippen LogP contribution is 2.36. The lowest BCUT2D eigenvalue weighted by Gasteiger charge is -2.10. The molecule has 0 aromatic heterocycles. The van der Waals surface area contributed by atoms with Crippen LogP contribution in [0.5, 0.6) is 0 Å². The predicted octanol–water partition coefficient (Wildman–Crippen LogP) is 4.47. The Morgan fingerprint density at radius 2 is 1.00 bits per heavy atom. The highest BCUT2D eigenvalue weighted by Gasteiger charge is 2.34. The molecular weight excluding hydrogens is 279 g/mol. The number of rotatable bonds is 2. The standard InChI is InChI=1S/C9HF9/c10-2-1(4(12)8(16)9(17)18)3(11)6(14)7(15)5(2)13/h4H. The minimum absolute atomic E-state index is 2.31. The molecule has 1 unspecified atom stereocenters. The van der Waals surface area contributed by atoms with Crippen LogP contribution in [0.25, 0.3) is 0 Å². The van der Waals surface area contributed by atoms with Gasteiger partial charge < -0.3 is 0 Å². The van der Waals surface area contributed by atoms with Crippen LogP contribution in [-0.4, -0.2) is 0 Å². The quantitative estimate of drug-likeness (QED) is 0.426. The molecule has 0 fully saturated rings. The zero-order chi connectivity index (χ0) is 14.2. The molecule has 0 spiro atoms. The van der Waals surface area contributed by atoms with Crippen molar-refractivity contribution in [1.29, 1.82) is 0 Å². The molecule has 1 rings (SSSR count). The van der Waals surface area contributed by atoms with Gasteiger partial charge in [0.1, 0.15) is 0 Å². The largest absolute Gasteiger partial charge is 0.304 e. The van der Waals surface area contributed by atoms with Crippen molar-refractivity contribution in [1.82, 2.24) is 0 Å². The molecule has 0 nitrogen and oxygen atoms in total. The molecule has 100 valence electrons. The summed E-state index contributed by atoms with van der Waals surface area (Å²) in [4.78, 5) is 0. The maximum absolute atomic E-state index is 12.9. The van der Waals surface area contributed by atoms with E-state index in [1.807, 2.05) is 0 Å². The van der Waals surface area contributed by atoms with Crippen molar-refractivity contribution < 1.29 is 39.5 Å². The number of allylic oxidation sites excluding steroid dienone is 1. The zero-order valence-electron chi connectivity index (χ0n) is 7.98. The molecule has 0 aliphatic rings. The van der Waals surface area contributed by atoms with Crippen LogP contribution in [0, 0.1) is 29.1 Å². The second-order valence-corrected chi connectivity index (χ2v) is 2.95. The van der Waals surface area contributed by atoms with E-state index in [1.54, 1.807) is 0 Å². The van der Waals surface area contributed by atoms with Gasteiger partial charge >= 0.3 is 6.08 Å². The lowest BCUT2D eigenvalue weighted by atomic mass is 10.1. The van der Waals surface area contributed by atoms with Crippen LogP contribution < -0.4 is 0 Å². The average molecular weight is 280 g/mol. The summed E-state index contributed by atoms with van der Waals surface area (Å²) >= 11 is 0. The van der Waals surface area contributed by atoms with Crippen molar-refractivity contribution in [3.05, 3.63) is 46.6 Å². The highest BCUT2D eigenvalue weighted by molar-refractivity contribution is 5.30. The summed E-state index contributed by atoms with van der Waals surface area (Å²) in [5.41, 5.74) is -2.31. The molecular formula is C9HF9. The second kappa shape index (κ2) is 4.91. The van der Waals surface area contributed by atoms with E-state index < -0.39 is 52.7 Å². The van der Waals surface area contributed by atoms with Gasteiger partial charge in [-0.3, -0.25) is 0 Å². The third kappa shape index (κ3) is 2.16. The Morgan fingerprint density at radius 1 is 0.667 bits per heavy atom. The number of alkyl halides is 1. The molecule has 1 aromatic carbocycles. The van der Waals surface area contributed by atoms with Crippen molar-refractivity contribution in [3.63, 3.8) is 0 Å². The Balaban J connectivity index is 3.57. The van der Waals surface area contributed by atoms with Crippen LogP contribution in [0.15, 0.2) is 11.9 Å². The van der Waals surface area contributed by atoms with Gasteiger partial charge in [-0.05, 0) is 0 Å². The number of halogens is 9. The second-order valence-electron chi connectivity index (χ2n) is 2.95. The van der Waals surface area contributed by atoms with Gasteiger partial charge in [0.05, 0.1) is 5.56 Å². The van der Waals surface area contributed by atoms with Crippen LogP contribution in [0.2, 0.25) is 0 Å². The smallest absolute Gasteiger partial charge is 0.234 e. The predicted molar refractivity (Wildman–Crippen MR) is 40.4 cm³/mol. The maximum atomic E-state index is 12.9. The molecule has 0 aliphatic heterocycles. The SMILES string of the molecule is FC(F)=C(F)C(F)c1c(F)c(F)c(F)c(F)c1F. The van der Waals surface area contributed by atoms with Crippen LogP contribution >= 0.6 is 0 Å². The van der Waals surface area contributed by atoms with E-state index in [1.165, 1.54) is 0 Å². The Labute approximate surface area is 93.3 Å². The fourth-order valence-corrected chi connectivity index (χ4v) is 1.07. The normalized spacial score (nSPS) is 12.5. The summed E-state index contributed by atoms with van der Waals surface area (Å²) in [7, 11) is 0. The fraction of sp³-hybridized carbons (Fsp3) is 0.111. The molecule has 0 aliphatic carbocycles. The zero-order valence-corrected chi connectivity index (χ0v) is 7.98. The molecule has 0 saturated carbocycles. The van der Waals surface area contributed by atoms with Crippen LogP contribution in [-0.2, 0) is 0 Å². The minimum atomic E-state index is -3.79. The van der Waals surface area contributed by atoms with Crippen LogP contribution in [0.4, 0.5) is 39.5 Å². The number of benzene rings is 1. The van der Waals surface area contributed by atoms with E-state index in [-0.39, 0.29) is 0 Å². The van der Waals surface area contributed by atoms with Crippen molar-refractivity contribution in [2.24, 2.45) is 0 Å². The summed E-state index contributed by atoms with van der Waals surface area (Å²) in [5.74, 6) is -16.1. The Bertz CT molecular complexity index is 486. The van der Waals surface area contributed by atoms with Crippen LogP contribution in [0.1, 0.15) is 11.7 Å². The van der Waals surface area contributed by atoms with E-state index in [2.05, 4.69) is 0 Å². The van der Waals surface area contributed by atoms with E-state index in [0.29, 0.717) is 0 Å². The number of hydrogen-bond acceptors (Lipinski definition) is 0. The monoisotopic (exact) mass is 280 g/mol. The van der Waals surface area contributed by atoms with Gasteiger partial charge in [0.15, 0.2) is 29.4 Å². The first-order chi connectivity index (χ1) is 8.20.